The van der Waals surface area contributed by atoms with E-state index < -0.39 is 5.97 Å². The van der Waals surface area contributed by atoms with Gasteiger partial charge in [-0.15, -0.1) is 0 Å². The molecule has 1 aliphatic carbocycles. The number of carbonyl (C=O) groups is 2. The van der Waals surface area contributed by atoms with Crippen molar-refractivity contribution in [1.82, 2.24) is 10.3 Å². The highest BCUT2D eigenvalue weighted by Crippen LogP contribution is 2.30. The van der Waals surface area contributed by atoms with Crippen LogP contribution in [-0.2, 0) is 4.79 Å². The summed E-state index contributed by atoms with van der Waals surface area (Å²) < 4.78 is 5.35. The molecule has 3 rings (SSSR count). The van der Waals surface area contributed by atoms with Crippen LogP contribution < -0.4 is 10.1 Å². The summed E-state index contributed by atoms with van der Waals surface area (Å²) in [5, 5.41) is 11.8. The number of methoxy groups -OCH3 is 1. The van der Waals surface area contributed by atoms with Crippen LogP contribution in [0.1, 0.15) is 23.2 Å². The van der Waals surface area contributed by atoms with Crippen molar-refractivity contribution in [2.75, 3.05) is 7.11 Å². The number of carbonyl (C=O) groups excluding carboxylic acids is 1. The summed E-state index contributed by atoms with van der Waals surface area (Å²) in [4.78, 5) is 27.5. The average Bonchev–Trinajstić information content (AvgIpc) is 2.57. The zero-order chi connectivity index (χ0) is 17.1. The Morgan fingerprint density at radius 3 is 2.67 bits per heavy atom. The Kier molecular flexibility index (Phi) is 4.46. The predicted molar refractivity (Wildman–Crippen MR) is 87.8 cm³/mol. The number of nitrogens with one attached hydrogen (secondary N) is 1. The highest BCUT2D eigenvalue weighted by molar-refractivity contribution is 5.96. The highest BCUT2D eigenvalue weighted by Gasteiger charge is 2.35. The first kappa shape index (κ1) is 16.0. The third-order valence-electron chi connectivity index (χ3n) is 4.23. The predicted octanol–water partition coefficient (Wildman–Crippen LogP) is 2.35. The van der Waals surface area contributed by atoms with Crippen LogP contribution in [0.15, 0.2) is 42.6 Å². The minimum absolute atomic E-state index is 0.0843. The molecule has 6 nitrogen and oxygen atoms in total. The summed E-state index contributed by atoms with van der Waals surface area (Å²) in [5.41, 5.74) is 1.96. The molecule has 1 aromatic heterocycles. The maximum Gasteiger partial charge on any atom is 0.306 e. The van der Waals surface area contributed by atoms with Crippen molar-refractivity contribution in [3.63, 3.8) is 0 Å². The van der Waals surface area contributed by atoms with E-state index in [4.69, 9.17) is 9.84 Å². The second-order valence-corrected chi connectivity index (χ2v) is 5.81. The highest BCUT2D eigenvalue weighted by atomic mass is 16.5. The summed E-state index contributed by atoms with van der Waals surface area (Å²) in [6, 6.07) is 10.6. The molecule has 1 fully saturated rings. The quantitative estimate of drug-likeness (QED) is 0.880. The van der Waals surface area contributed by atoms with Crippen LogP contribution in [0.25, 0.3) is 11.3 Å². The van der Waals surface area contributed by atoms with E-state index in [2.05, 4.69) is 10.3 Å². The van der Waals surface area contributed by atoms with Crippen LogP contribution in [0.3, 0.4) is 0 Å². The van der Waals surface area contributed by atoms with E-state index in [9.17, 15) is 9.59 Å². The number of pyridine rings is 1. The minimum Gasteiger partial charge on any atom is -0.496 e. The number of amides is 1. The zero-order valence-corrected chi connectivity index (χ0v) is 13.2. The molecule has 0 saturated heterocycles. The van der Waals surface area contributed by atoms with E-state index in [1.165, 1.54) is 0 Å². The number of nitrogens with zero attached hydrogens (tertiary/aromatic N) is 1. The molecule has 0 bridgehead atoms. The molecule has 0 atom stereocenters. The molecule has 1 aromatic carbocycles. The fourth-order valence-corrected chi connectivity index (χ4v) is 2.78. The normalized spacial score (nSPS) is 19.2. The number of hydrogen-bond donors (Lipinski definition) is 2. The number of carboxylic acids is 1. The molecule has 1 heterocycles. The van der Waals surface area contributed by atoms with E-state index in [0.29, 0.717) is 24.2 Å². The molecule has 2 aromatic rings. The van der Waals surface area contributed by atoms with Gasteiger partial charge in [-0.2, -0.15) is 0 Å². The molecule has 2 N–H and O–H groups in total. The lowest BCUT2D eigenvalue weighted by molar-refractivity contribution is -0.145. The first-order valence-electron chi connectivity index (χ1n) is 7.71. The van der Waals surface area contributed by atoms with Gasteiger partial charge in [0.1, 0.15) is 5.75 Å². The van der Waals surface area contributed by atoms with E-state index in [1.54, 1.807) is 31.5 Å². The maximum atomic E-state index is 12.4. The lowest BCUT2D eigenvalue weighted by Crippen LogP contribution is -2.46. The third kappa shape index (κ3) is 3.22. The zero-order valence-electron chi connectivity index (χ0n) is 13.2. The van der Waals surface area contributed by atoms with Crippen LogP contribution in [-0.4, -0.2) is 35.1 Å². The van der Waals surface area contributed by atoms with E-state index in [1.807, 2.05) is 18.2 Å². The van der Waals surface area contributed by atoms with Crippen LogP contribution in [0, 0.1) is 5.92 Å². The molecule has 0 unspecified atom stereocenters. The molecular formula is C18H18N2O4. The smallest absolute Gasteiger partial charge is 0.306 e. The molecule has 6 heteroatoms. The minimum atomic E-state index is -0.803. The maximum absolute atomic E-state index is 12.4. The van der Waals surface area contributed by atoms with Gasteiger partial charge in [-0.1, -0.05) is 6.07 Å². The number of aromatic nitrogens is 1. The molecule has 0 spiro atoms. The Hall–Kier alpha value is -2.89. The first-order valence-corrected chi connectivity index (χ1v) is 7.71. The Morgan fingerprint density at radius 1 is 1.25 bits per heavy atom. The van der Waals surface area contributed by atoms with Gasteiger partial charge >= 0.3 is 5.97 Å². The molecule has 1 amide bonds. The summed E-state index contributed by atoms with van der Waals surface area (Å²) >= 11 is 0. The number of benzene rings is 1. The summed E-state index contributed by atoms with van der Waals surface area (Å²) in [5.74, 6) is -0.735. The van der Waals surface area contributed by atoms with Gasteiger partial charge in [0.15, 0.2) is 0 Å². The Bertz CT molecular complexity index is 755. The summed E-state index contributed by atoms with van der Waals surface area (Å²) in [7, 11) is 1.57. The fraction of sp³-hybridized carbons (Fsp3) is 0.278. The molecular weight excluding hydrogens is 308 g/mol. The topological polar surface area (TPSA) is 88.5 Å². The van der Waals surface area contributed by atoms with Crippen LogP contribution in [0.2, 0.25) is 0 Å². The second-order valence-electron chi connectivity index (χ2n) is 5.81. The van der Waals surface area contributed by atoms with Crippen LogP contribution in [0.4, 0.5) is 0 Å². The number of carboxylic acid groups (broad SMARTS) is 1. The van der Waals surface area contributed by atoms with Crippen molar-refractivity contribution in [1.29, 1.82) is 0 Å². The number of hydrogen-bond acceptors (Lipinski definition) is 4. The van der Waals surface area contributed by atoms with Gasteiger partial charge in [0.25, 0.3) is 5.91 Å². The third-order valence-corrected chi connectivity index (χ3v) is 4.23. The number of rotatable bonds is 5. The van der Waals surface area contributed by atoms with Crippen molar-refractivity contribution in [2.24, 2.45) is 5.92 Å². The van der Waals surface area contributed by atoms with Crippen molar-refractivity contribution in [2.45, 2.75) is 18.9 Å². The van der Waals surface area contributed by atoms with Gasteiger partial charge in [0.2, 0.25) is 0 Å². The van der Waals surface area contributed by atoms with Crippen molar-refractivity contribution in [3.8, 4) is 17.0 Å². The van der Waals surface area contributed by atoms with Gasteiger partial charge in [0.05, 0.1) is 18.7 Å². The molecule has 0 radical (unpaired) electrons. The fourth-order valence-electron chi connectivity index (χ4n) is 2.78. The van der Waals surface area contributed by atoms with Gasteiger partial charge in [0, 0.05) is 23.4 Å². The van der Waals surface area contributed by atoms with Gasteiger partial charge in [-0.3, -0.25) is 14.6 Å². The lowest BCUT2D eigenvalue weighted by Gasteiger charge is -2.32. The van der Waals surface area contributed by atoms with Crippen molar-refractivity contribution >= 4 is 11.9 Å². The van der Waals surface area contributed by atoms with Crippen LogP contribution in [0.5, 0.6) is 5.75 Å². The van der Waals surface area contributed by atoms with Gasteiger partial charge < -0.3 is 15.2 Å². The largest absolute Gasteiger partial charge is 0.496 e. The van der Waals surface area contributed by atoms with Crippen molar-refractivity contribution in [3.05, 3.63) is 48.2 Å². The van der Waals surface area contributed by atoms with E-state index in [0.717, 1.165) is 11.3 Å². The molecule has 24 heavy (non-hydrogen) atoms. The standard InChI is InChI=1S/C18H18N2O4/c1-24-16-6-5-11(10-14(16)15-4-2-3-7-19-15)17(21)20-13-8-12(9-13)18(22)23/h2-7,10,12-13H,8-9H2,1H3,(H,20,21)(H,22,23). The molecule has 124 valence electrons. The SMILES string of the molecule is COc1ccc(C(=O)NC2CC(C(=O)O)C2)cc1-c1ccccn1. The van der Waals surface area contributed by atoms with Gasteiger partial charge in [-0.25, -0.2) is 0 Å². The summed E-state index contributed by atoms with van der Waals surface area (Å²) in [6.45, 7) is 0. The Balaban J connectivity index is 1.77. The average molecular weight is 326 g/mol. The number of aliphatic carboxylic acids is 1. The van der Waals surface area contributed by atoms with Crippen LogP contribution >= 0.6 is 0 Å². The van der Waals surface area contributed by atoms with Gasteiger partial charge in [-0.05, 0) is 43.2 Å². The van der Waals surface area contributed by atoms with Crippen molar-refractivity contribution < 1.29 is 19.4 Å². The molecule has 1 saturated carbocycles. The second kappa shape index (κ2) is 6.70. The molecule has 0 aliphatic heterocycles. The Labute approximate surface area is 139 Å². The van der Waals surface area contributed by atoms with E-state index >= 15 is 0 Å². The first-order chi connectivity index (χ1) is 11.6. The summed E-state index contributed by atoms with van der Waals surface area (Å²) in [6.07, 6.45) is 2.64. The Morgan fingerprint density at radius 2 is 2.04 bits per heavy atom. The monoisotopic (exact) mass is 326 g/mol. The van der Waals surface area contributed by atoms with E-state index in [-0.39, 0.29) is 17.9 Å². The molecule has 1 aliphatic rings. The number of ether oxygens (including phenoxy) is 1. The lowest BCUT2D eigenvalue weighted by atomic mass is 9.80.